The number of nitrogens with one attached hydrogen (secondary N) is 2. The molecule has 0 spiro atoms. The Morgan fingerprint density at radius 1 is 0.421 bits per heavy atom. The van der Waals surface area contributed by atoms with E-state index in [0.717, 1.165) is 17.0 Å². The summed E-state index contributed by atoms with van der Waals surface area (Å²) in [4.78, 5) is 5.10. The molecule has 11 aromatic rings. The van der Waals surface area contributed by atoms with Crippen LogP contribution in [0.25, 0.3) is 79.0 Å². The number of fused-ring (bicyclic) bond motifs is 9. The van der Waals surface area contributed by atoms with Crippen molar-refractivity contribution in [3.05, 3.63) is 199 Å². The fourth-order valence-electron chi connectivity index (χ4n) is 8.72. The average Bonchev–Trinajstić information content (AvgIpc) is 3.95. The summed E-state index contributed by atoms with van der Waals surface area (Å²) in [5, 5.41) is 15.2. The van der Waals surface area contributed by atoms with E-state index in [4.69, 9.17) is 4.99 Å². The van der Waals surface area contributed by atoms with Gasteiger partial charge in [-0.25, -0.2) is 4.99 Å². The maximum Gasteiger partial charge on any atom is 0.131 e. The molecule has 0 fully saturated rings. The molecule has 6 heteroatoms. The van der Waals surface area contributed by atoms with Gasteiger partial charge in [0.2, 0.25) is 0 Å². The van der Waals surface area contributed by atoms with Crippen LogP contribution in [0.1, 0.15) is 29.0 Å². The fraction of sp³-hybridized carbons (Fsp3) is 0.0392. The minimum Gasteiger partial charge on any atom is -0.350 e. The predicted molar refractivity (Wildman–Crippen MR) is 243 cm³/mol. The van der Waals surface area contributed by atoms with Crippen molar-refractivity contribution in [2.75, 3.05) is 0 Å². The van der Waals surface area contributed by atoms with Gasteiger partial charge in [0.15, 0.2) is 0 Å². The van der Waals surface area contributed by atoms with E-state index in [0.29, 0.717) is 0 Å². The van der Waals surface area contributed by atoms with E-state index in [-0.39, 0.29) is 12.3 Å². The summed E-state index contributed by atoms with van der Waals surface area (Å²) in [6, 6.07) is 66.2. The van der Waals surface area contributed by atoms with E-state index in [1.807, 2.05) is 28.7 Å². The van der Waals surface area contributed by atoms with Gasteiger partial charge in [-0.3, -0.25) is 5.32 Å². The van der Waals surface area contributed by atoms with E-state index < -0.39 is 0 Å². The molecule has 270 valence electrons. The Morgan fingerprint density at radius 3 is 1.79 bits per heavy atom. The van der Waals surface area contributed by atoms with Gasteiger partial charge in [-0.1, -0.05) is 121 Å². The first-order valence-corrected chi connectivity index (χ1v) is 21.0. The molecule has 1 aliphatic rings. The first-order valence-electron chi connectivity index (χ1n) is 19.3. The Kier molecular flexibility index (Phi) is 7.45. The fourth-order valence-corrected chi connectivity index (χ4v) is 10.9. The van der Waals surface area contributed by atoms with Crippen molar-refractivity contribution < 1.29 is 0 Å². The Morgan fingerprint density at radius 2 is 1.02 bits per heavy atom. The maximum atomic E-state index is 5.10. The SMILES string of the molecule is c1ccc(C2=NC(c3ccccc3)NC(c3ccc4sc5cc(-c6ccc7sc8ccc(-n9c%10ccccc%10c%10ccccc%109)cc8c7c6)ccc5c4c3)N2)cc1. The Labute approximate surface area is 337 Å². The number of amidine groups is 1. The van der Waals surface area contributed by atoms with E-state index in [2.05, 4.69) is 191 Å². The second-order valence-electron chi connectivity index (χ2n) is 14.8. The smallest absolute Gasteiger partial charge is 0.131 e. The molecule has 2 unspecified atom stereocenters. The molecular weight excluding hydrogens is 733 g/mol. The van der Waals surface area contributed by atoms with Gasteiger partial charge in [-0.15, -0.1) is 22.7 Å². The van der Waals surface area contributed by atoms with Crippen molar-refractivity contribution in [1.29, 1.82) is 0 Å². The summed E-state index contributed by atoms with van der Waals surface area (Å²) < 4.78 is 7.61. The molecule has 3 aromatic heterocycles. The summed E-state index contributed by atoms with van der Waals surface area (Å²) in [5.74, 6) is 0.895. The van der Waals surface area contributed by atoms with Gasteiger partial charge in [-0.05, 0) is 82.9 Å². The lowest BCUT2D eigenvalue weighted by Gasteiger charge is -2.32. The van der Waals surface area contributed by atoms with E-state index in [1.165, 1.54) is 84.5 Å². The number of aromatic nitrogens is 1. The standard InChI is InChI=1S/C51H34N4S2/c1-3-11-31(12-4-1)49-52-50(32-13-5-2-6-14-32)54-51(53-49)35-21-25-45-40(28-35)39-23-19-34(29-48(39)57-45)33-20-24-46-41(27-33)42-30-36(22-26-47(42)56-46)55-43-17-9-7-15-37(43)38-16-8-10-18-44(38)55/h1-30,49,51,53H,(H,52,54). The number of nitrogens with zero attached hydrogens (tertiary/aromatic N) is 2. The van der Waals surface area contributed by atoms with Gasteiger partial charge >= 0.3 is 0 Å². The molecule has 2 atom stereocenters. The highest BCUT2D eigenvalue weighted by Gasteiger charge is 2.26. The molecule has 0 saturated heterocycles. The Hall–Kier alpha value is -6.57. The highest BCUT2D eigenvalue weighted by atomic mass is 32.1. The van der Waals surface area contributed by atoms with E-state index in [1.54, 1.807) is 0 Å². The number of rotatable bonds is 5. The van der Waals surface area contributed by atoms with Gasteiger partial charge in [0.05, 0.1) is 11.0 Å². The zero-order chi connectivity index (χ0) is 37.5. The van der Waals surface area contributed by atoms with E-state index in [9.17, 15) is 0 Å². The summed E-state index contributed by atoms with van der Waals surface area (Å²) in [6.07, 6.45) is -0.271. The van der Waals surface area contributed by atoms with Crippen LogP contribution in [0.2, 0.25) is 0 Å². The summed E-state index contributed by atoms with van der Waals surface area (Å²) in [5.41, 5.74) is 9.53. The lowest BCUT2D eigenvalue weighted by atomic mass is 10.0. The van der Waals surface area contributed by atoms with Crippen LogP contribution in [-0.4, -0.2) is 10.4 Å². The largest absolute Gasteiger partial charge is 0.350 e. The number of para-hydroxylation sites is 2. The maximum absolute atomic E-state index is 5.10. The van der Waals surface area contributed by atoms with Crippen LogP contribution in [0.15, 0.2) is 187 Å². The van der Waals surface area contributed by atoms with Gasteiger partial charge in [0, 0.05) is 62.4 Å². The van der Waals surface area contributed by atoms with Gasteiger partial charge in [-0.2, -0.15) is 0 Å². The summed E-state index contributed by atoms with van der Waals surface area (Å²) >= 11 is 3.74. The second-order valence-corrected chi connectivity index (χ2v) is 17.0. The predicted octanol–water partition coefficient (Wildman–Crippen LogP) is 13.5. The number of hydrogen-bond donors (Lipinski definition) is 2. The van der Waals surface area contributed by atoms with E-state index >= 15 is 0 Å². The molecule has 0 aliphatic carbocycles. The minimum absolute atomic E-state index is 0.107. The molecule has 57 heavy (non-hydrogen) atoms. The molecule has 4 nitrogen and oxygen atoms in total. The first kappa shape index (κ1) is 32.7. The van der Waals surface area contributed by atoms with Crippen molar-refractivity contribution >= 4 is 90.7 Å². The molecule has 0 radical (unpaired) electrons. The molecule has 12 rings (SSSR count). The molecule has 0 bridgehead atoms. The summed E-state index contributed by atoms with van der Waals surface area (Å²) in [7, 11) is 0. The lowest BCUT2D eigenvalue weighted by Crippen LogP contribution is -2.44. The van der Waals surface area contributed by atoms with Crippen LogP contribution < -0.4 is 10.6 Å². The van der Waals surface area contributed by atoms with Crippen LogP contribution in [0.3, 0.4) is 0 Å². The topological polar surface area (TPSA) is 41.4 Å². The number of aliphatic imine (C=N–C) groups is 1. The quantitative estimate of drug-likeness (QED) is 0.183. The molecule has 2 N–H and O–H groups in total. The van der Waals surface area contributed by atoms with Crippen LogP contribution in [-0.2, 0) is 0 Å². The Balaban J connectivity index is 0.912. The van der Waals surface area contributed by atoms with Crippen molar-refractivity contribution in [3.63, 3.8) is 0 Å². The van der Waals surface area contributed by atoms with Crippen molar-refractivity contribution in [2.45, 2.75) is 12.3 Å². The minimum atomic E-state index is -0.164. The van der Waals surface area contributed by atoms with Crippen molar-refractivity contribution in [2.24, 2.45) is 4.99 Å². The molecule has 8 aromatic carbocycles. The molecular formula is C51H34N4S2. The monoisotopic (exact) mass is 766 g/mol. The van der Waals surface area contributed by atoms with Crippen molar-refractivity contribution in [1.82, 2.24) is 15.2 Å². The third kappa shape index (κ3) is 5.41. The van der Waals surface area contributed by atoms with Crippen molar-refractivity contribution in [3.8, 4) is 16.8 Å². The van der Waals surface area contributed by atoms with Crippen LogP contribution in [0.4, 0.5) is 0 Å². The number of hydrogen-bond acceptors (Lipinski definition) is 5. The van der Waals surface area contributed by atoms with Crippen LogP contribution in [0.5, 0.6) is 0 Å². The molecule has 0 amide bonds. The molecule has 4 heterocycles. The van der Waals surface area contributed by atoms with Gasteiger partial charge < -0.3 is 9.88 Å². The highest BCUT2D eigenvalue weighted by molar-refractivity contribution is 7.26. The van der Waals surface area contributed by atoms with Crippen LogP contribution in [0, 0.1) is 0 Å². The van der Waals surface area contributed by atoms with Crippen LogP contribution >= 0.6 is 22.7 Å². The molecule has 0 saturated carbocycles. The zero-order valence-corrected chi connectivity index (χ0v) is 32.3. The van der Waals surface area contributed by atoms with Gasteiger partial charge in [0.1, 0.15) is 18.2 Å². The first-order chi connectivity index (χ1) is 28.2. The third-order valence-electron chi connectivity index (χ3n) is 11.5. The third-order valence-corrected chi connectivity index (χ3v) is 13.8. The number of thiophene rings is 2. The number of benzene rings is 8. The lowest BCUT2D eigenvalue weighted by molar-refractivity contribution is 0.409. The second kappa shape index (κ2) is 13.0. The zero-order valence-electron chi connectivity index (χ0n) is 30.7. The average molecular weight is 767 g/mol. The van der Waals surface area contributed by atoms with Gasteiger partial charge in [0.25, 0.3) is 0 Å². The molecule has 1 aliphatic heterocycles. The summed E-state index contributed by atoms with van der Waals surface area (Å²) in [6.45, 7) is 0. The highest BCUT2D eigenvalue weighted by Crippen LogP contribution is 2.42. The normalized spacial score (nSPS) is 15.9. The Bertz CT molecular complexity index is 3320.